The summed E-state index contributed by atoms with van der Waals surface area (Å²) >= 11 is 6.03. The van der Waals surface area contributed by atoms with E-state index in [1.807, 2.05) is 61.2 Å². The van der Waals surface area contributed by atoms with Crippen molar-refractivity contribution in [2.45, 2.75) is 39.3 Å². The zero-order chi connectivity index (χ0) is 21.9. The van der Waals surface area contributed by atoms with Crippen molar-refractivity contribution in [2.75, 3.05) is 24.5 Å². The summed E-state index contributed by atoms with van der Waals surface area (Å²) in [5.74, 6) is -0.262. The molecule has 5 nitrogen and oxygen atoms in total. The van der Waals surface area contributed by atoms with Gasteiger partial charge in [-0.2, -0.15) is 0 Å². The van der Waals surface area contributed by atoms with Gasteiger partial charge in [-0.25, -0.2) is 0 Å². The molecule has 1 unspecified atom stereocenters. The van der Waals surface area contributed by atoms with Crippen molar-refractivity contribution in [3.05, 3.63) is 65.2 Å². The third kappa shape index (κ3) is 4.96. The number of hydrogen-bond acceptors (Lipinski definition) is 3. The fourth-order valence-corrected chi connectivity index (χ4v) is 4.09. The number of carbonyl (C=O) groups excluding carboxylic acids is 2. The molecule has 0 saturated carbocycles. The molecule has 3 rings (SSSR count). The number of rotatable bonds is 5. The van der Waals surface area contributed by atoms with Crippen LogP contribution in [0.3, 0.4) is 0 Å². The summed E-state index contributed by atoms with van der Waals surface area (Å²) in [6.45, 7) is 10.1. The molecule has 1 N–H and O–H groups in total. The van der Waals surface area contributed by atoms with E-state index < -0.39 is 6.04 Å². The van der Waals surface area contributed by atoms with Gasteiger partial charge in [0, 0.05) is 35.9 Å². The predicted octanol–water partition coefficient (Wildman–Crippen LogP) is 4.22. The van der Waals surface area contributed by atoms with E-state index >= 15 is 0 Å². The molecule has 2 aromatic carbocycles. The van der Waals surface area contributed by atoms with Crippen LogP contribution in [0.5, 0.6) is 0 Å². The van der Waals surface area contributed by atoms with Crippen molar-refractivity contribution < 1.29 is 9.59 Å². The first kappa shape index (κ1) is 22.2. The van der Waals surface area contributed by atoms with Gasteiger partial charge in [0.1, 0.15) is 6.04 Å². The summed E-state index contributed by atoms with van der Waals surface area (Å²) < 4.78 is 0. The van der Waals surface area contributed by atoms with Crippen molar-refractivity contribution in [3.63, 3.8) is 0 Å². The zero-order valence-electron chi connectivity index (χ0n) is 18.1. The lowest BCUT2D eigenvalue weighted by Gasteiger charge is -2.49. The Bertz CT molecular complexity index is 881. The van der Waals surface area contributed by atoms with Crippen LogP contribution < -0.4 is 10.2 Å². The van der Waals surface area contributed by atoms with E-state index in [0.717, 1.165) is 12.2 Å². The molecule has 0 aromatic heterocycles. The molecule has 1 saturated heterocycles. The van der Waals surface area contributed by atoms with E-state index in [9.17, 15) is 9.59 Å². The lowest BCUT2D eigenvalue weighted by atomic mass is 9.95. The zero-order valence-corrected chi connectivity index (χ0v) is 18.8. The number of piperazine rings is 1. The lowest BCUT2D eigenvalue weighted by molar-refractivity contribution is -0.135. The number of anilines is 1. The monoisotopic (exact) mass is 427 g/mol. The van der Waals surface area contributed by atoms with Gasteiger partial charge >= 0.3 is 0 Å². The van der Waals surface area contributed by atoms with Gasteiger partial charge in [0.15, 0.2) is 0 Å². The van der Waals surface area contributed by atoms with Gasteiger partial charge in [-0.1, -0.05) is 43.6 Å². The Balaban J connectivity index is 1.72. The molecule has 1 aliphatic heterocycles. The molecule has 0 spiro atoms. The lowest BCUT2D eigenvalue weighted by Crippen LogP contribution is -2.63. The molecule has 1 fully saturated rings. The number of halogens is 1. The third-order valence-electron chi connectivity index (χ3n) is 5.61. The topological polar surface area (TPSA) is 52.7 Å². The summed E-state index contributed by atoms with van der Waals surface area (Å²) in [4.78, 5) is 30.2. The quantitative estimate of drug-likeness (QED) is 0.777. The Morgan fingerprint density at radius 1 is 1.00 bits per heavy atom. The molecule has 0 bridgehead atoms. The number of hydrogen-bond donors (Lipinski definition) is 1. The fraction of sp³-hybridized carbons (Fsp3) is 0.417. The Kier molecular flexibility index (Phi) is 6.71. The van der Waals surface area contributed by atoms with Crippen LogP contribution >= 0.6 is 11.6 Å². The van der Waals surface area contributed by atoms with Crippen LogP contribution in [0.15, 0.2) is 54.6 Å². The van der Waals surface area contributed by atoms with E-state index in [0.29, 0.717) is 23.7 Å². The SMILES string of the molecule is CC(C)C(NC(=O)c1ccccc1)C(=O)N1CCN(c2ccc(Cl)cc2)C(C)(C)C1. The number of carbonyl (C=O) groups is 2. The maximum absolute atomic E-state index is 13.4. The molecule has 0 radical (unpaired) electrons. The number of amides is 2. The number of benzene rings is 2. The Morgan fingerprint density at radius 2 is 1.63 bits per heavy atom. The number of nitrogens with zero attached hydrogens (tertiary/aromatic N) is 2. The van der Waals surface area contributed by atoms with Crippen LogP contribution in [-0.4, -0.2) is 47.9 Å². The second-order valence-corrected chi connectivity index (χ2v) is 9.20. The molecule has 0 aliphatic carbocycles. The maximum Gasteiger partial charge on any atom is 0.251 e. The molecule has 160 valence electrons. The Hall–Kier alpha value is -2.53. The van der Waals surface area contributed by atoms with Crippen LogP contribution in [0.1, 0.15) is 38.1 Å². The molecule has 1 heterocycles. The van der Waals surface area contributed by atoms with Crippen LogP contribution in [0, 0.1) is 5.92 Å². The summed E-state index contributed by atoms with van der Waals surface area (Å²) in [6, 6.07) is 16.3. The van der Waals surface area contributed by atoms with Crippen LogP contribution in [0.2, 0.25) is 5.02 Å². The largest absolute Gasteiger partial charge is 0.363 e. The highest BCUT2D eigenvalue weighted by molar-refractivity contribution is 6.30. The third-order valence-corrected chi connectivity index (χ3v) is 5.86. The highest BCUT2D eigenvalue weighted by Gasteiger charge is 2.38. The molecule has 30 heavy (non-hydrogen) atoms. The van der Waals surface area contributed by atoms with E-state index in [1.54, 1.807) is 12.1 Å². The molecule has 1 aliphatic rings. The molecule has 2 aromatic rings. The minimum absolute atomic E-state index is 0.0115. The van der Waals surface area contributed by atoms with Gasteiger partial charge in [-0.15, -0.1) is 0 Å². The van der Waals surface area contributed by atoms with Crippen molar-refractivity contribution >= 4 is 29.1 Å². The van der Waals surface area contributed by atoms with Crippen LogP contribution in [0.4, 0.5) is 5.69 Å². The highest BCUT2D eigenvalue weighted by Crippen LogP contribution is 2.29. The normalized spacial score (nSPS) is 17.0. The van der Waals surface area contributed by atoms with Gasteiger partial charge in [-0.05, 0) is 56.2 Å². The van der Waals surface area contributed by atoms with E-state index in [1.165, 1.54) is 0 Å². The van der Waals surface area contributed by atoms with Gasteiger partial charge in [0.2, 0.25) is 5.91 Å². The first-order chi connectivity index (χ1) is 14.2. The molecule has 2 amide bonds. The predicted molar refractivity (Wildman–Crippen MR) is 122 cm³/mol. The average molecular weight is 428 g/mol. The maximum atomic E-state index is 13.4. The van der Waals surface area contributed by atoms with Crippen molar-refractivity contribution in [1.82, 2.24) is 10.2 Å². The van der Waals surface area contributed by atoms with Gasteiger partial charge in [-0.3, -0.25) is 9.59 Å². The molecular formula is C24H30ClN3O2. The van der Waals surface area contributed by atoms with Gasteiger partial charge in [0.05, 0.1) is 5.54 Å². The second kappa shape index (κ2) is 9.09. The summed E-state index contributed by atoms with van der Waals surface area (Å²) in [6.07, 6.45) is 0. The minimum Gasteiger partial charge on any atom is -0.363 e. The highest BCUT2D eigenvalue weighted by atomic mass is 35.5. The fourth-order valence-electron chi connectivity index (χ4n) is 3.97. The Morgan fingerprint density at radius 3 is 2.20 bits per heavy atom. The van der Waals surface area contributed by atoms with Crippen LogP contribution in [0.25, 0.3) is 0 Å². The number of nitrogens with one attached hydrogen (secondary N) is 1. The standard InChI is InChI=1S/C24H30ClN3O2/c1-17(2)21(26-22(29)18-8-6-5-7-9-18)23(30)27-14-15-28(24(3,4)16-27)20-12-10-19(25)11-13-20/h5-13,17,21H,14-16H2,1-4H3,(H,26,29). The first-order valence-corrected chi connectivity index (χ1v) is 10.7. The first-order valence-electron chi connectivity index (χ1n) is 10.4. The van der Waals surface area contributed by atoms with Crippen molar-refractivity contribution in [1.29, 1.82) is 0 Å². The Labute approximate surface area is 184 Å². The summed E-state index contributed by atoms with van der Waals surface area (Å²) in [5, 5.41) is 3.66. The van der Waals surface area contributed by atoms with Crippen molar-refractivity contribution in [2.24, 2.45) is 5.92 Å². The second-order valence-electron chi connectivity index (χ2n) is 8.76. The summed E-state index contributed by atoms with van der Waals surface area (Å²) in [5.41, 5.74) is 1.41. The van der Waals surface area contributed by atoms with Crippen LogP contribution in [-0.2, 0) is 4.79 Å². The van der Waals surface area contributed by atoms with Crippen molar-refractivity contribution in [3.8, 4) is 0 Å². The van der Waals surface area contributed by atoms with E-state index in [-0.39, 0.29) is 23.3 Å². The van der Waals surface area contributed by atoms with E-state index in [4.69, 9.17) is 11.6 Å². The smallest absolute Gasteiger partial charge is 0.251 e. The van der Waals surface area contributed by atoms with E-state index in [2.05, 4.69) is 24.1 Å². The van der Waals surface area contributed by atoms with Gasteiger partial charge in [0.25, 0.3) is 5.91 Å². The molecular weight excluding hydrogens is 398 g/mol. The molecule has 1 atom stereocenters. The summed E-state index contributed by atoms with van der Waals surface area (Å²) in [7, 11) is 0. The minimum atomic E-state index is -0.560. The average Bonchev–Trinajstić information content (AvgIpc) is 2.72. The molecule has 6 heteroatoms. The van der Waals surface area contributed by atoms with Gasteiger partial charge < -0.3 is 15.1 Å².